The molecule has 8 nitrogen and oxygen atoms in total. The third kappa shape index (κ3) is 4.43. The van der Waals surface area contributed by atoms with Gasteiger partial charge in [-0.3, -0.25) is 14.5 Å². The van der Waals surface area contributed by atoms with E-state index < -0.39 is 6.04 Å². The van der Waals surface area contributed by atoms with E-state index in [0.717, 1.165) is 5.69 Å². The second-order valence-electron chi connectivity index (χ2n) is 5.15. The molecule has 1 aliphatic rings. The first-order chi connectivity index (χ1) is 11.0. The molecule has 1 saturated heterocycles. The number of hydrogen-bond acceptors (Lipinski definition) is 5. The number of anilines is 2. The standard InChI is InChI=1S/C15H20N4O4/c1-10(14(21)19-8-7-16-15(19)22)17-11-3-5-12(6-4-11)18-13(20)9-23-2/h3-6,10,17H,7-9H2,1-2H3,(H,16,22)(H,18,20)/t10-/m1/s1. The summed E-state index contributed by atoms with van der Waals surface area (Å²) >= 11 is 0. The normalized spacial score (nSPS) is 15.0. The zero-order chi connectivity index (χ0) is 16.8. The number of methoxy groups -OCH3 is 1. The Labute approximate surface area is 134 Å². The molecule has 0 aromatic heterocycles. The second kappa shape index (κ2) is 7.59. The summed E-state index contributed by atoms with van der Waals surface area (Å²) in [5.41, 5.74) is 1.35. The van der Waals surface area contributed by atoms with E-state index in [1.165, 1.54) is 12.0 Å². The fraction of sp³-hybridized carbons (Fsp3) is 0.400. The summed E-state index contributed by atoms with van der Waals surface area (Å²) in [6, 6.07) is 6.03. The molecule has 1 aromatic rings. The topological polar surface area (TPSA) is 99.8 Å². The number of imide groups is 1. The van der Waals surface area contributed by atoms with Crippen LogP contribution in [-0.4, -0.2) is 55.6 Å². The molecule has 0 bridgehead atoms. The molecule has 0 spiro atoms. The Morgan fingerprint density at radius 2 is 1.96 bits per heavy atom. The molecule has 0 aliphatic carbocycles. The van der Waals surface area contributed by atoms with E-state index in [1.54, 1.807) is 31.2 Å². The van der Waals surface area contributed by atoms with Crippen LogP contribution in [-0.2, 0) is 14.3 Å². The van der Waals surface area contributed by atoms with E-state index in [2.05, 4.69) is 16.0 Å². The molecule has 23 heavy (non-hydrogen) atoms. The van der Waals surface area contributed by atoms with Crippen molar-refractivity contribution < 1.29 is 19.1 Å². The quantitative estimate of drug-likeness (QED) is 0.714. The fourth-order valence-electron chi connectivity index (χ4n) is 2.21. The molecule has 2 rings (SSSR count). The first-order valence-electron chi connectivity index (χ1n) is 7.26. The highest BCUT2D eigenvalue weighted by atomic mass is 16.5. The minimum atomic E-state index is -0.534. The van der Waals surface area contributed by atoms with Gasteiger partial charge in [-0.1, -0.05) is 0 Å². The molecule has 8 heteroatoms. The van der Waals surface area contributed by atoms with Crippen molar-refractivity contribution in [3.8, 4) is 0 Å². The van der Waals surface area contributed by atoms with Crippen LogP contribution in [0.15, 0.2) is 24.3 Å². The molecule has 124 valence electrons. The van der Waals surface area contributed by atoms with E-state index in [9.17, 15) is 14.4 Å². The van der Waals surface area contributed by atoms with Crippen molar-refractivity contribution in [2.75, 3.05) is 37.4 Å². The summed E-state index contributed by atoms with van der Waals surface area (Å²) in [5.74, 6) is -0.519. The smallest absolute Gasteiger partial charge is 0.324 e. The third-order valence-corrected chi connectivity index (χ3v) is 3.32. The maximum Gasteiger partial charge on any atom is 0.324 e. The van der Waals surface area contributed by atoms with Gasteiger partial charge in [0.2, 0.25) is 5.91 Å². The van der Waals surface area contributed by atoms with Crippen LogP contribution in [0.4, 0.5) is 16.2 Å². The van der Waals surface area contributed by atoms with Gasteiger partial charge in [-0.15, -0.1) is 0 Å². The van der Waals surface area contributed by atoms with Crippen molar-refractivity contribution in [1.82, 2.24) is 10.2 Å². The van der Waals surface area contributed by atoms with Crippen LogP contribution in [0, 0.1) is 0 Å². The van der Waals surface area contributed by atoms with Crippen LogP contribution in [0.5, 0.6) is 0 Å². The number of carbonyl (C=O) groups is 3. The van der Waals surface area contributed by atoms with E-state index in [0.29, 0.717) is 18.8 Å². The van der Waals surface area contributed by atoms with Crippen molar-refractivity contribution in [1.29, 1.82) is 0 Å². The fourth-order valence-corrected chi connectivity index (χ4v) is 2.21. The number of nitrogens with zero attached hydrogens (tertiary/aromatic N) is 1. The summed E-state index contributed by atoms with van der Waals surface area (Å²) < 4.78 is 4.74. The van der Waals surface area contributed by atoms with Gasteiger partial charge in [0.05, 0.1) is 0 Å². The molecule has 1 atom stereocenters. The largest absolute Gasteiger partial charge is 0.375 e. The van der Waals surface area contributed by atoms with Crippen LogP contribution in [0.3, 0.4) is 0 Å². The summed E-state index contributed by atoms with van der Waals surface area (Å²) in [5, 5.41) is 8.31. The molecule has 3 N–H and O–H groups in total. The van der Waals surface area contributed by atoms with Crippen LogP contribution < -0.4 is 16.0 Å². The van der Waals surface area contributed by atoms with Gasteiger partial charge < -0.3 is 20.7 Å². The number of urea groups is 1. The third-order valence-electron chi connectivity index (χ3n) is 3.32. The molecule has 0 saturated carbocycles. The molecule has 0 unspecified atom stereocenters. The summed E-state index contributed by atoms with van der Waals surface area (Å²) in [4.78, 5) is 36.3. The first kappa shape index (κ1) is 16.8. The lowest BCUT2D eigenvalue weighted by molar-refractivity contribution is -0.128. The summed E-state index contributed by atoms with van der Waals surface area (Å²) in [7, 11) is 1.45. The molecule has 0 radical (unpaired) electrons. The lowest BCUT2D eigenvalue weighted by Gasteiger charge is -2.19. The Hall–Kier alpha value is -2.61. The van der Waals surface area contributed by atoms with Gasteiger partial charge in [-0.25, -0.2) is 4.79 Å². The number of rotatable bonds is 6. The highest BCUT2D eigenvalue weighted by molar-refractivity contribution is 5.99. The average Bonchev–Trinajstić information content (AvgIpc) is 2.94. The predicted molar refractivity (Wildman–Crippen MR) is 85.1 cm³/mol. The lowest BCUT2D eigenvalue weighted by Crippen LogP contribution is -2.43. The number of carbonyl (C=O) groups excluding carboxylic acids is 3. The highest BCUT2D eigenvalue weighted by Crippen LogP contribution is 2.15. The Bertz CT molecular complexity index is 588. The Morgan fingerprint density at radius 1 is 1.30 bits per heavy atom. The first-order valence-corrected chi connectivity index (χ1v) is 7.26. The van der Waals surface area contributed by atoms with Gasteiger partial charge in [0, 0.05) is 31.6 Å². The van der Waals surface area contributed by atoms with Crippen molar-refractivity contribution in [2.45, 2.75) is 13.0 Å². The van der Waals surface area contributed by atoms with Gasteiger partial charge in [-0.2, -0.15) is 0 Å². The SMILES string of the molecule is COCC(=O)Nc1ccc(N[C@H](C)C(=O)N2CCNC2=O)cc1. The van der Waals surface area contributed by atoms with Crippen molar-refractivity contribution in [3.05, 3.63) is 24.3 Å². The number of hydrogen-bond donors (Lipinski definition) is 3. The Balaban J connectivity index is 1.91. The van der Waals surface area contributed by atoms with Crippen LogP contribution >= 0.6 is 0 Å². The van der Waals surface area contributed by atoms with E-state index in [4.69, 9.17) is 4.74 Å². The van der Waals surface area contributed by atoms with Crippen LogP contribution in [0.2, 0.25) is 0 Å². The van der Waals surface area contributed by atoms with E-state index in [1.807, 2.05) is 0 Å². The van der Waals surface area contributed by atoms with Gasteiger partial charge in [0.25, 0.3) is 5.91 Å². The van der Waals surface area contributed by atoms with Crippen molar-refractivity contribution in [2.24, 2.45) is 0 Å². The number of ether oxygens (including phenoxy) is 1. The molecule has 1 heterocycles. The molecule has 1 aliphatic heterocycles. The number of amides is 4. The van der Waals surface area contributed by atoms with Gasteiger partial charge in [-0.05, 0) is 31.2 Å². The van der Waals surface area contributed by atoms with Gasteiger partial charge in [0.1, 0.15) is 12.6 Å². The van der Waals surface area contributed by atoms with Crippen molar-refractivity contribution >= 4 is 29.2 Å². The monoisotopic (exact) mass is 320 g/mol. The zero-order valence-corrected chi connectivity index (χ0v) is 13.1. The number of nitrogens with one attached hydrogen (secondary N) is 3. The zero-order valence-electron chi connectivity index (χ0n) is 13.1. The average molecular weight is 320 g/mol. The van der Waals surface area contributed by atoms with E-state index >= 15 is 0 Å². The maximum absolute atomic E-state index is 12.2. The molecule has 1 aromatic carbocycles. The summed E-state index contributed by atoms with van der Waals surface area (Å²) in [6.45, 7) is 2.55. The van der Waals surface area contributed by atoms with Gasteiger partial charge in [0.15, 0.2) is 0 Å². The molecular weight excluding hydrogens is 300 g/mol. The Morgan fingerprint density at radius 3 is 2.52 bits per heavy atom. The molecular formula is C15H20N4O4. The minimum Gasteiger partial charge on any atom is -0.375 e. The van der Waals surface area contributed by atoms with Crippen molar-refractivity contribution in [3.63, 3.8) is 0 Å². The molecule has 1 fully saturated rings. The molecule has 4 amide bonds. The van der Waals surface area contributed by atoms with Gasteiger partial charge >= 0.3 is 6.03 Å². The Kier molecular flexibility index (Phi) is 5.53. The number of benzene rings is 1. The summed E-state index contributed by atoms with van der Waals surface area (Å²) in [6.07, 6.45) is 0. The predicted octanol–water partition coefficient (Wildman–Crippen LogP) is 0.624. The maximum atomic E-state index is 12.2. The lowest BCUT2D eigenvalue weighted by atomic mass is 10.2. The van der Waals surface area contributed by atoms with Crippen LogP contribution in [0.25, 0.3) is 0 Å². The minimum absolute atomic E-state index is 0.0105. The highest BCUT2D eigenvalue weighted by Gasteiger charge is 2.29. The van der Waals surface area contributed by atoms with Crippen LogP contribution in [0.1, 0.15) is 6.92 Å². The second-order valence-corrected chi connectivity index (χ2v) is 5.15. The van der Waals surface area contributed by atoms with E-state index in [-0.39, 0.29) is 24.5 Å².